The van der Waals surface area contributed by atoms with E-state index in [0.29, 0.717) is 0 Å². The lowest BCUT2D eigenvalue weighted by molar-refractivity contribution is 0.199. The van der Waals surface area contributed by atoms with Crippen molar-refractivity contribution in [3.8, 4) is 0 Å². The second-order valence-electron chi connectivity index (χ2n) is 4.10. The largest absolute Gasteiger partial charge is 0.389 e. The molecule has 3 nitrogen and oxygen atoms in total. The normalized spacial score (nSPS) is 12.2. The number of aliphatic hydroxyl groups excluding tert-OH is 1. The van der Waals surface area contributed by atoms with E-state index >= 15 is 0 Å². The summed E-state index contributed by atoms with van der Waals surface area (Å²) < 4.78 is 0. The van der Waals surface area contributed by atoms with Gasteiger partial charge < -0.3 is 10.0 Å². The molecule has 1 N–H and O–H groups in total. The second-order valence-corrected chi connectivity index (χ2v) is 4.10. The van der Waals surface area contributed by atoms with Crippen LogP contribution in [0, 0.1) is 0 Å². The van der Waals surface area contributed by atoms with Crippen molar-refractivity contribution in [3.05, 3.63) is 36.0 Å². The average Bonchev–Trinajstić information content (AvgIpc) is 2.25. The Labute approximate surface area is 97.4 Å². The number of pyridine rings is 1. The van der Waals surface area contributed by atoms with Crippen LogP contribution in [0.4, 0.5) is 5.82 Å². The standard InChI is InChI=1S/C13H20N2O/c1-5-15(9-10(2)3)13-7-6-12(8-14-13)11(4)16/h6-8,11,16H,2,5,9H2,1,3-4H3/t11-/m0/s1. The van der Waals surface area contributed by atoms with Gasteiger partial charge in [0.05, 0.1) is 6.10 Å². The van der Waals surface area contributed by atoms with Crippen molar-refractivity contribution in [1.82, 2.24) is 4.98 Å². The molecule has 0 spiro atoms. The maximum atomic E-state index is 9.39. The number of nitrogens with zero attached hydrogens (tertiary/aromatic N) is 2. The van der Waals surface area contributed by atoms with E-state index in [0.717, 1.165) is 30.0 Å². The van der Waals surface area contributed by atoms with Gasteiger partial charge >= 0.3 is 0 Å². The van der Waals surface area contributed by atoms with Crippen molar-refractivity contribution in [3.63, 3.8) is 0 Å². The first-order chi connectivity index (χ1) is 7.54. The van der Waals surface area contributed by atoms with E-state index in [4.69, 9.17) is 0 Å². The van der Waals surface area contributed by atoms with Crippen LogP contribution in [0.2, 0.25) is 0 Å². The van der Waals surface area contributed by atoms with E-state index in [1.807, 2.05) is 19.1 Å². The van der Waals surface area contributed by atoms with Crippen LogP contribution in [-0.2, 0) is 0 Å². The average molecular weight is 220 g/mol. The summed E-state index contributed by atoms with van der Waals surface area (Å²) in [5, 5.41) is 9.39. The van der Waals surface area contributed by atoms with Gasteiger partial charge in [-0.05, 0) is 32.4 Å². The Morgan fingerprint density at radius 1 is 1.56 bits per heavy atom. The first-order valence-electron chi connectivity index (χ1n) is 5.58. The number of hydrogen-bond acceptors (Lipinski definition) is 3. The molecular formula is C13H20N2O. The summed E-state index contributed by atoms with van der Waals surface area (Å²) >= 11 is 0. The Bertz CT molecular complexity index is 343. The number of aromatic nitrogens is 1. The van der Waals surface area contributed by atoms with E-state index in [1.54, 1.807) is 13.1 Å². The lowest BCUT2D eigenvalue weighted by Gasteiger charge is -2.22. The Kier molecular flexibility index (Phi) is 4.50. The molecule has 1 aromatic heterocycles. The van der Waals surface area contributed by atoms with Crippen molar-refractivity contribution in [2.75, 3.05) is 18.0 Å². The van der Waals surface area contributed by atoms with Crippen LogP contribution < -0.4 is 4.90 Å². The molecule has 1 atom stereocenters. The molecule has 0 aliphatic carbocycles. The summed E-state index contributed by atoms with van der Waals surface area (Å²) in [6, 6.07) is 3.85. The smallest absolute Gasteiger partial charge is 0.128 e. The molecule has 3 heteroatoms. The van der Waals surface area contributed by atoms with Gasteiger partial charge in [0, 0.05) is 19.3 Å². The maximum absolute atomic E-state index is 9.39. The Morgan fingerprint density at radius 3 is 2.62 bits per heavy atom. The summed E-state index contributed by atoms with van der Waals surface area (Å²) in [4.78, 5) is 6.50. The van der Waals surface area contributed by atoms with E-state index in [2.05, 4.69) is 23.4 Å². The predicted octanol–water partition coefficient (Wildman–Crippen LogP) is 2.54. The number of likely N-dealkylation sites (N-methyl/N-ethyl adjacent to an activating group) is 1. The Balaban J connectivity index is 2.82. The van der Waals surface area contributed by atoms with Crippen LogP contribution in [0.1, 0.15) is 32.4 Å². The van der Waals surface area contributed by atoms with Crippen LogP contribution in [-0.4, -0.2) is 23.2 Å². The third kappa shape index (κ3) is 3.35. The molecule has 1 rings (SSSR count). The summed E-state index contributed by atoms with van der Waals surface area (Å²) in [5.41, 5.74) is 1.96. The molecule has 1 aromatic rings. The molecule has 0 fully saturated rings. The molecule has 0 saturated heterocycles. The molecule has 0 aliphatic heterocycles. The van der Waals surface area contributed by atoms with Gasteiger partial charge in [-0.3, -0.25) is 0 Å². The van der Waals surface area contributed by atoms with Gasteiger partial charge in [-0.2, -0.15) is 0 Å². The maximum Gasteiger partial charge on any atom is 0.128 e. The van der Waals surface area contributed by atoms with Gasteiger partial charge in [0.1, 0.15) is 5.82 Å². The number of anilines is 1. The van der Waals surface area contributed by atoms with Gasteiger partial charge in [0.25, 0.3) is 0 Å². The minimum atomic E-state index is -0.460. The lowest BCUT2D eigenvalue weighted by atomic mass is 10.2. The highest BCUT2D eigenvalue weighted by Crippen LogP contribution is 2.16. The SMILES string of the molecule is C=C(C)CN(CC)c1ccc([C@H](C)O)cn1. The van der Waals surface area contributed by atoms with Crippen LogP contribution >= 0.6 is 0 Å². The highest BCUT2D eigenvalue weighted by atomic mass is 16.3. The molecule has 1 heterocycles. The molecule has 0 aliphatic rings. The van der Waals surface area contributed by atoms with Crippen LogP contribution in [0.25, 0.3) is 0 Å². The minimum absolute atomic E-state index is 0.460. The van der Waals surface area contributed by atoms with Crippen LogP contribution in [0.15, 0.2) is 30.5 Å². The van der Waals surface area contributed by atoms with Crippen molar-refractivity contribution < 1.29 is 5.11 Å². The van der Waals surface area contributed by atoms with E-state index < -0.39 is 6.10 Å². The van der Waals surface area contributed by atoms with E-state index in [-0.39, 0.29) is 0 Å². The van der Waals surface area contributed by atoms with Crippen molar-refractivity contribution >= 4 is 5.82 Å². The summed E-state index contributed by atoms with van der Waals surface area (Å²) in [6.45, 7) is 11.5. The van der Waals surface area contributed by atoms with Crippen molar-refractivity contribution in [2.45, 2.75) is 26.9 Å². The molecule has 0 saturated carbocycles. The van der Waals surface area contributed by atoms with Crippen molar-refractivity contribution in [1.29, 1.82) is 0 Å². The van der Waals surface area contributed by atoms with E-state index in [9.17, 15) is 5.11 Å². The molecule has 0 unspecified atom stereocenters. The highest BCUT2D eigenvalue weighted by Gasteiger charge is 2.07. The fourth-order valence-electron chi connectivity index (χ4n) is 1.51. The fraction of sp³-hybridized carbons (Fsp3) is 0.462. The zero-order valence-electron chi connectivity index (χ0n) is 10.3. The molecule has 0 aromatic carbocycles. The monoisotopic (exact) mass is 220 g/mol. The quantitative estimate of drug-likeness (QED) is 0.775. The van der Waals surface area contributed by atoms with Gasteiger partial charge in [0.15, 0.2) is 0 Å². The zero-order chi connectivity index (χ0) is 12.1. The summed E-state index contributed by atoms with van der Waals surface area (Å²) in [6.07, 6.45) is 1.26. The van der Waals surface area contributed by atoms with Gasteiger partial charge in [-0.15, -0.1) is 0 Å². The first kappa shape index (κ1) is 12.7. The number of hydrogen-bond donors (Lipinski definition) is 1. The third-order valence-corrected chi connectivity index (χ3v) is 2.42. The molecule has 0 radical (unpaired) electrons. The molecule has 0 bridgehead atoms. The van der Waals surface area contributed by atoms with Gasteiger partial charge in [-0.1, -0.05) is 18.2 Å². The molecule has 88 valence electrons. The minimum Gasteiger partial charge on any atom is -0.389 e. The molecular weight excluding hydrogens is 200 g/mol. The fourth-order valence-corrected chi connectivity index (χ4v) is 1.51. The highest BCUT2D eigenvalue weighted by molar-refractivity contribution is 5.40. The summed E-state index contributed by atoms with van der Waals surface area (Å²) in [5.74, 6) is 0.926. The first-order valence-corrected chi connectivity index (χ1v) is 5.58. The van der Waals surface area contributed by atoms with Crippen LogP contribution in [0.5, 0.6) is 0 Å². The molecule has 16 heavy (non-hydrogen) atoms. The Morgan fingerprint density at radius 2 is 2.25 bits per heavy atom. The number of rotatable bonds is 5. The lowest BCUT2D eigenvalue weighted by Crippen LogP contribution is -2.25. The topological polar surface area (TPSA) is 36.4 Å². The second kappa shape index (κ2) is 5.66. The van der Waals surface area contributed by atoms with Crippen molar-refractivity contribution in [2.24, 2.45) is 0 Å². The predicted molar refractivity (Wildman–Crippen MR) is 67.6 cm³/mol. The van der Waals surface area contributed by atoms with Gasteiger partial charge in [-0.25, -0.2) is 4.98 Å². The molecule has 0 amide bonds. The van der Waals surface area contributed by atoms with E-state index in [1.165, 1.54) is 0 Å². The summed E-state index contributed by atoms with van der Waals surface area (Å²) in [7, 11) is 0. The number of aliphatic hydroxyl groups is 1. The van der Waals surface area contributed by atoms with Gasteiger partial charge in [0.2, 0.25) is 0 Å². The Hall–Kier alpha value is -1.35. The van der Waals surface area contributed by atoms with Crippen LogP contribution in [0.3, 0.4) is 0 Å². The third-order valence-electron chi connectivity index (χ3n) is 2.42. The zero-order valence-corrected chi connectivity index (χ0v) is 10.3.